The van der Waals surface area contributed by atoms with Gasteiger partial charge in [-0.25, -0.2) is 0 Å². The van der Waals surface area contributed by atoms with Gasteiger partial charge in [0.05, 0.1) is 24.3 Å². The van der Waals surface area contributed by atoms with E-state index in [1.54, 1.807) is 6.07 Å². The summed E-state index contributed by atoms with van der Waals surface area (Å²) in [6.45, 7) is 3.66. The van der Waals surface area contributed by atoms with Gasteiger partial charge in [-0.15, -0.1) is 0 Å². The van der Waals surface area contributed by atoms with Gasteiger partial charge >= 0.3 is 6.18 Å². The molecule has 7 heteroatoms. The number of aromatic nitrogens is 1. The number of fused-ring (bicyclic) bond motifs is 1. The fourth-order valence-electron chi connectivity index (χ4n) is 3.44. The van der Waals surface area contributed by atoms with Crippen LogP contribution in [0.5, 0.6) is 0 Å². The Morgan fingerprint density at radius 2 is 1.82 bits per heavy atom. The minimum atomic E-state index is -4.38. The van der Waals surface area contributed by atoms with Gasteiger partial charge in [-0.3, -0.25) is 4.98 Å². The van der Waals surface area contributed by atoms with Crippen LogP contribution in [0.25, 0.3) is 10.9 Å². The molecule has 0 radical (unpaired) electrons. The maximum absolute atomic E-state index is 13.0. The molecule has 0 spiro atoms. The fourth-order valence-corrected chi connectivity index (χ4v) is 3.44. The van der Waals surface area contributed by atoms with Gasteiger partial charge in [0.15, 0.2) is 0 Å². The molecule has 1 fully saturated rings. The van der Waals surface area contributed by atoms with E-state index in [1.807, 2.05) is 12.1 Å². The highest BCUT2D eigenvalue weighted by atomic mass is 19.4. The number of hydrogen-bond donors (Lipinski definition) is 1. The van der Waals surface area contributed by atoms with Gasteiger partial charge in [-0.1, -0.05) is 24.3 Å². The molecule has 146 valence electrons. The van der Waals surface area contributed by atoms with E-state index in [0.717, 1.165) is 42.2 Å². The molecule has 0 unspecified atom stereocenters. The lowest BCUT2D eigenvalue weighted by Gasteiger charge is -2.30. The van der Waals surface area contributed by atoms with Crippen molar-refractivity contribution in [1.29, 1.82) is 0 Å². The van der Waals surface area contributed by atoms with E-state index in [0.29, 0.717) is 30.7 Å². The minimum Gasteiger partial charge on any atom is -0.380 e. The van der Waals surface area contributed by atoms with E-state index in [1.165, 1.54) is 12.3 Å². The summed E-state index contributed by atoms with van der Waals surface area (Å²) in [7, 11) is 0. The topological polar surface area (TPSA) is 37.4 Å². The van der Waals surface area contributed by atoms with Gasteiger partial charge < -0.3 is 15.0 Å². The molecule has 1 aliphatic rings. The third-order valence-electron chi connectivity index (χ3n) is 4.88. The molecule has 4 rings (SSSR count). The van der Waals surface area contributed by atoms with Crippen molar-refractivity contribution in [3.8, 4) is 0 Å². The van der Waals surface area contributed by atoms with Crippen molar-refractivity contribution in [2.75, 3.05) is 36.5 Å². The van der Waals surface area contributed by atoms with Crippen molar-refractivity contribution < 1.29 is 17.9 Å². The van der Waals surface area contributed by atoms with Crippen molar-refractivity contribution >= 4 is 22.3 Å². The molecular formula is C21H20F3N3O. The number of pyridine rings is 1. The first-order valence-corrected chi connectivity index (χ1v) is 9.13. The second-order valence-electron chi connectivity index (χ2n) is 6.67. The van der Waals surface area contributed by atoms with Crippen molar-refractivity contribution in [3.05, 3.63) is 65.9 Å². The number of hydrogen-bond acceptors (Lipinski definition) is 4. The first-order chi connectivity index (χ1) is 13.5. The zero-order valence-electron chi connectivity index (χ0n) is 15.2. The van der Waals surface area contributed by atoms with Crippen LogP contribution in [-0.2, 0) is 17.5 Å². The lowest BCUT2D eigenvalue weighted by Crippen LogP contribution is -2.36. The van der Waals surface area contributed by atoms with Crippen LogP contribution >= 0.6 is 0 Å². The summed E-state index contributed by atoms with van der Waals surface area (Å²) >= 11 is 0. The average Bonchev–Trinajstić information content (AvgIpc) is 2.72. The molecule has 0 amide bonds. The predicted molar refractivity (Wildman–Crippen MR) is 104 cm³/mol. The smallest absolute Gasteiger partial charge is 0.380 e. The Morgan fingerprint density at radius 3 is 2.61 bits per heavy atom. The third kappa shape index (κ3) is 3.89. The molecule has 1 aromatic heterocycles. The van der Waals surface area contributed by atoms with Crippen LogP contribution in [0.1, 0.15) is 11.1 Å². The Labute approximate surface area is 160 Å². The number of alkyl halides is 3. The first kappa shape index (κ1) is 18.6. The van der Waals surface area contributed by atoms with Crippen LogP contribution in [-0.4, -0.2) is 31.3 Å². The van der Waals surface area contributed by atoms with E-state index < -0.39 is 11.7 Å². The van der Waals surface area contributed by atoms with Crippen LogP contribution in [0, 0.1) is 0 Å². The standard InChI is InChI=1S/C21H20F3N3O/c22-21(23,24)16-5-6-17-18(7-8-25-19(17)13-16)26-14-15-3-1-2-4-20(15)27-9-11-28-12-10-27/h1-8,13H,9-12,14H2,(H,25,26). The molecular weight excluding hydrogens is 367 g/mol. The van der Waals surface area contributed by atoms with Crippen molar-refractivity contribution in [3.63, 3.8) is 0 Å². The number of nitrogens with zero attached hydrogens (tertiary/aromatic N) is 2. The summed E-state index contributed by atoms with van der Waals surface area (Å²) in [6.07, 6.45) is -2.85. The number of ether oxygens (including phenoxy) is 1. The molecule has 4 nitrogen and oxygen atoms in total. The van der Waals surface area contributed by atoms with Crippen LogP contribution < -0.4 is 10.2 Å². The maximum atomic E-state index is 13.0. The summed E-state index contributed by atoms with van der Waals surface area (Å²) in [5, 5.41) is 4.03. The van der Waals surface area contributed by atoms with Crippen LogP contribution in [0.3, 0.4) is 0 Å². The zero-order chi connectivity index (χ0) is 19.6. The number of para-hydroxylation sites is 1. The lowest BCUT2D eigenvalue weighted by molar-refractivity contribution is -0.137. The van der Waals surface area contributed by atoms with E-state index in [-0.39, 0.29) is 0 Å². The molecule has 0 aliphatic carbocycles. The molecule has 28 heavy (non-hydrogen) atoms. The Balaban J connectivity index is 1.58. The molecule has 1 aliphatic heterocycles. The van der Waals surface area contributed by atoms with Gasteiger partial charge in [0.25, 0.3) is 0 Å². The zero-order valence-corrected chi connectivity index (χ0v) is 15.2. The van der Waals surface area contributed by atoms with Crippen molar-refractivity contribution in [2.45, 2.75) is 12.7 Å². The molecule has 2 aromatic carbocycles. The Bertz CT molecular complexity index is 969. The third-order valence-corrected chi connectivity index (χ3v) is 4.88. The Kier molecular flexibility index (Phi) is 5.09. The fraction of sp³-hybridized carbons (Fsp3) is 0.286. The number of anilines is 2. The highest BCUT2D eigenvalue weighted by Crippen LogP contribution is 2.33. The van der Waals surface area contributed by atoms with Crippen molar-refractivity contribution in [2.24, 2.45) is 0 Å². The minimum absolute atomic E-state index is 0.321. The molecule has 2 heterocycles. The highest BCUT2D eigenvalue weighted by Gasteiger charge is 2.30. The average molecular weight is 387 g/mol. The lowest BCUT2D eigenvalue weighted by atomic mass is 10.1. The predicted octanol–water partition coefficient (Wildman–Crippen LogP) is 4.70. The van der Waals surface area contributed by atoms with Gasteiger partial charge in [0, 0.05) is 42.6 Å². The molecule has 3 aromatic rings. The van der Waals surface area contributed by atoms with E-state index >= 15 is 0 Å². The summed E-state index contributed by atoms with van der Waals surface area (Å²) < 4.78 is 44.3. The number of nitrogens with one attached hydrogen (secondary N) is 1. The second-order valence-corrected chi connectivity index (χ2v) is 6.67. The highest BCUT2D eigenvalue weighted by molar-refractivity contribution is 5.91. The number of halogens is 3. The molecule has 0 atom stereocenters. The number of morpholine rings is 1. The Morgan fingerprint density at radius 1 is 1.04 bits per heavy atom. The van der Waals surface area contributed by atoms with Crippen molar-refractivity contribution in [1.82, 2.24) is 4.98 Å². The Hall–Kier alpha value is -2.80. The maximum Gasteiger partial charge on any atom is 0.416 e. The number of rotatable bonds is 4. The van der Waals surface area contributed by atoms with Gasteiger partial charge in [-0.05, 0) is 29.8 Å². The number of benzene rings is 2. The normalized spacial score (nSPS) is 15.0. The van der Waals surface area contributed by atoms with Crippen LogP contribution in [0.4, 0.5) is 24.5 Å². The summed E-state index contributed by atoms with van der Waals surface area (Å²) in [5.41, 5.74) is 2.66. The summed E-state index contributed by atoms with van der Waals surface area (Å²) in [4.78, 5) is 6.39. The molecule has 1 N–H and O–H groups in total. The van der Waals surface area contributed by atoms with Gasteiger partial charge in [-0.2, -0.15) is 13.2 Å². The van der Waals surface area contributed by atoms with Crippen LogP contribution in [0.2, 0.25) is 0 Å². The van der Waals surface area contributed by atoms with E-state index in [9.17, 15) is 13.2 Å². The quantitative estimate of drug-likeness (QED) is 0.704. The van der Waals surface area contributed by atoms with E-state index in [2.05, 4.69) is 27.3 Å². The largest absolute Gasteiger partial charge is 0.416 e. The van der Waals surface area contributed by atoms with Crippen LogP contribution in [0.15, 0.2) is 54.7 Å². The first-order valence-electron chi connectivity index (χ1n) is 9.13. The molecule has 1 saturated heterocycles. The van der Waals surface area contributed by atoms with Gasteiger partial charge in [0.2, 0.25) is 0 Å². The monoisotopic (exact) mass is 387 g/mol. The van der Waals surface area contributed by atoms with Gasteiger partial charge in [0.1, 0.15) is 0 Å². The summed E-state index contributed by atoms with van der Waals surface area (Å²) in [5.74, 6) is 0. The SMILES string of the molecule is FC(F)(F)c1ccc2c(NCc3ccccc3N3CCOCC3)ccnc2c1. The molecule has 0 bridgehead atoms. The molecule has 0 saturated carbocycles. The van der Waals surface area contributed by atoms with E-state index in [4.69, 9.17) is 4.74 Å². The summed E-state index contributed by atoms with van der Waals surface area (Å²) in [6, 6.07) is 13.6. The second kappa shape index (κ2) is 7.67.